The zero-order valence-electron chi connectivity index (χ0n) is 12.5. The molecule has 1 aromatic heterocycles. The number of aliphatic hydroxyl groups is 1. The smallest absolute Gasteiger partial charge is 0.387 e. The lowest BCUT2D eigenvalue weighted by Crippen LogP contribution is -2.31. The summed E-state index contributed by atoms with van der Waals surface area (Å²) < 4.78 is 39.7. The van der Waals surface area contributed by atoms with Crippen molar-refractivity contribution in [2.45, 2.75) is 12.3 Å². The zero-order valence-corrected chi connectivity index (χ0v) is 12.5. The Morgan fingerprint density at radius 2 is 1.96 bits per heavy atom. The van der Waals surface area contributed by atoms with Crippen molar-refractivity contribution in [2.75, 3.05) is 6.54 Å². The molecule has 0 spiro atoms. The topological polar surface area (TPSA) is 84.2 Å². The fourth-order valence-corrected chi connectivity index (χ4v) is 2.06. The molecule has 0 unspecified atom stereocenters. The van der Waals surface area contributed by atoms with Gasteiger partial charge < -0.3 is 10.4 Å². The van der Waals surface area contributed by atoms with Crippen LogP contribution in [-0.2, 0) is 13.2 Å². The molecular weight excluding hydrogens is 327 g/mol. The van der Waals surface area contributed by atoms with Gasteiger partial charge in [-0.25, -0.2) is 4.68 Å². The van der Waals surface area contributed by atoms with Crippen LogP contribution >= 0.6 is 0 Å². The van der Waals surface area contributed by atoms with Crippen LogP contribution in [0.4, 0.5) is 13.2 Å². The van der Waals surface area contributed by atoms with E-state index in [4.69, 9.17) is 0 Å². The van der Waals surface area contributed by atoms with E-state index in [-0.39, 0.29) is 11.3 Å². The van der Waals surface area contributed by atoms with E-state index < -0.39 is 35.9 Å². The molecule has 1 heterocycles. The predicted molar refractivity (Wildman–Crippen MR) is 78.2 cm³/mol. The minimum Gasteiger partial charge on any atom is -0.387 e. The van der Waals surface area contributed by atoms with Gasteiger partial charge in [0.15, 0.2) is 0 Å². The van der Waals surface area contributed by atoms with Crippen LogP contribution in [-0.4, -0.2) is 27.3 Å². The van der Waals surface area contributed by atoms with Crippen LogP contribution in [0.15, 0.2) is 41.2 Å². The quantitative estimate of drug-likeness (QED) is 0.877. The number of aliphatic hydroxyl groups excluding tert-OH is 1. The van der Waals surface area contributed by atoms with E-state index in [1.54, 1.807) is 0 Å². The molecule has 0 aliphatic rings. The Balaban J connectivity index is 2.11. The van der Waals surface area contributed by atoms with Crippen molar-refractivity contribution in [2.24, 2.45) is 7.05 Å². The number of amides is 1. The van der Waals surface area contributed by atoms with E-state index in [1.165, 1.54) is 25.2 Å². The van der Waals surface area contributed by atoms with Crippen molar-refractivity contribution in [1.82, 2.24) is 15.1 Å². The van der Waals surface area contributed by atoms with Crippen LogP contribution in [0.1, 0.15) is 27.7 Å². The number of hydrogen-bond donors (Lipinski definition) is 2. The summed E-state index contributed by atoms with van der Waals surface area (Å²) in [6.07, 6.45) is -6.15. The van der Waals surface area contributed by atoms with Crippen molar-refractivity contribution < 1.29 is 23.1 Å². The van der Waals surface area contributed by atoms with Gasteiger partial charge in [-0.2, -0.15) is 18.3 Å². The van der Waals surface area contributed by atoms with Crippen LogP contribution in [0.3, 0.4) is 0 Å². The summed E-state index contributed by atoms with van der Waals surface area (Å²) in [7, 11) is 1.35. The van der Waals surface area contributed by atoms with Gasteiger partial charge in [-0.3, -0.25) is 9.59 Å². The molecule has 2 rings (SSSR count). The van der Waals surface area contributed by atoms with E-state index in [9.17, 15) is 27.9 Å². The molecule has 0 aliphatic heterocycles. The second kappa shape index (κ2) is 6.83. The molecule has 2 aromatic rings. The van der Waals surface area contributed by atoms with E-state index in [2.05, 4.69) is 10.4 Å². The van der Waals surface area contributed by atoms with Gasteiger partial charge in [-0.1, -0.05) is 18.2 Å². The van der Waals surface area contributed by atoms with Gasteiger partial charge in [0.05, 0.1) is 11.7 Å². The van der Waals surface area contributed by atoms with Crippen molar-refractivity contribution >= 4 is 5.91 Å². The second-order valence-electron chi connectivity index (χ2n) is 4.99. The molecule has 1 aromatic carbocycles. The van der Waals surface area contributed by atoms with Crippen LogP contribution < -0.4 is 10.9 Å². The fourth-order valence-electron chi connectivity index (χ4n) is 2.06. The first-order valence-corrected chi connectivity index (χ1v) is 6.87. The third-order valence-corrected chi connectivity index (χ3v) is 3.27. The van der Waals surface area contributed by atoms with E-state index in [0.717, 1.165) is 22.9 Å². The minimum absolute atomic E-state index is 0.0894. The molecule has 0 aliphatic carbocycles. The van der Waals surface area contributed by atoms with Gasteiger partial charge >= 0.3 is 6.18 Å². The van der Waals surface area contributed by atoms with Crippen molar-refractivity contribution in [3.05, 3.63) is 63.6 Å². The standard InChI is InChI=1S/C15H14F3N3O3/c1-21-13(23)7-6-11(20-21)14(24)19-8-12(22)9-4-2-3-5-10(9)15(16,17)18/h2-7,12,22H,8H2,1H3,(H,19,24)/t12-/m0/s1. The third-order valence-electron chi connectivity index (χ3n) is 3.27. The Bertz CT molecular complexity index is 802. The van der Waals surface area contributed by atoms with Crippen LogP contribution in [0.5, 0.6) is 0 Å². The number of aryl methyl sites for hydroxylation is 1. The maximum absolute atomic E-state index is 12.9. The summed E-state index contributed by atoms with van der Waals surface area (Å²) >= 11 is 0. The maximum atomic E-state index is 12.9. The number of benzene rings is 1. The summed E-state index contributed by atoms with van der Waals surface area (Å²) in [5, 5.41) is 16.0. The van der Waals surface area contributed by atoms with Gasteiger partial charge in [0, 0.05) is 19.7 Å². The predicted octanol–water partition coefficient (Wildman–Crippen LogP) is 1.26. The summed E-state index contributed by atoms with van der Waals surface area (Å²) in [6.45, 7) is -0.434. The van der Waals surface area contributed by atoms with Gasteiger partial charge in [-0.15, -0.1) is 0 Å². The molecule has 128 valence electrons. The Hall–Kier alpha value is -2.68. The minimum atomic E-state index is -4.61. The number of halogens is 3. The molecule has 2 N–H and O–H groups in total. The molecule has 6 nitrogen and oxygen atoms in total. The third kappa shape index (κ3) is 3.99. The summed E-state index contributed by atoms with van der Waals surface area (Å²) in [6, 6.07) is 6.90. The first-order chi connectivity index (χ1) is 11.2. The molecule has 0 saturated carbocycles. The first-order valence-electron chi connectivity index (χ1n) is 6.87. The number of nitrogens with one attached hydrogen (secondary N) is 1. The number of hydrogen-bond acceptors (Lipinski definition) is 4. The average molecular weight is 341 g/mol. The van der Waals surface area contributed by atoms with Crippen LogP contribution in [0, 0.1) is 0 Å². The molecule has 9 heteroatoms. The van der Waals surface area contributed by atoms with Gasteiger partial charge in [0.25, 0.3) is 11.5 Å². The SMILES string of the molecule is Cn1nc(C(=O)NC[C@H](O)c2ccccc2C(F)(F)F)ccc1=O. The largest absolute Gasteiger partial charge is 0.416 e. The van der Waals surface area contributed by atoms with Crippen LogP contribution in [0.25, 0.3) is 0 Å². The summed E-state index contributed by atoms with van der Waals surface area (Å²) in [4.78, 5) is 23.1. The highest BCUT2D eigenvalue weighted by Crippen LogP contribution is 2.34. The molecular formula is C15H14F3N3O3. The molecule has 0 bridgehead atoms. The fraction of sp³-hybridized carbons (Fsp3) is 0.267. The highest BCUT2D eigenvalue weighted by molar-refractivity contribution is 5.92. The molecule has 1 amide bonds. The molecule has 0 saturated heterocycles. The summed E-state index contributed by atoms with van der Waals surface area (Å²) in [5.74, 6) is -0.714. The highest BCUT2D eigenvalue weighted by atomic mass is 19.4. The monoisotopic (exact) mass is 341 g/mol. The number of carbonyl (C=O) groups excluding carboxylic acids is 1. The average Bonchev–Trinajstić information content (AvgIpc) is 2.54. The normalized spacial score (nSPS) is 12.7. The first kappa shape index (κ1) is 17.7. The van der Waals surface area contributed by atoms with Crippen molar-refractivity contribution in [3.8, 4) is 0 Å². The zero-order chi connectivity index (χ0) is 17.9. The second-order valence-corrected chi connectivity index (χ2v) is 4.99. The Labute approximate surface area is 134 Å². The van der Waals surface area contributed by atoms with Gasteiger partial charge in [0.1, 0.15) is 5.69 Å². The van der Waals surface area contributed by atoms with E-state index >= 15 is 0 Å². The van der Waals surface area contributed by atoms with Crippen molar-refractivity contribution in [3.63, 3.8) is 0 Å². The highest BCUT2D eigenvalue weighted by Gasteiger charge is 2.34. The lowest BCUT2D eigenvalue weighted by Gasteiger charge is -2.17. The van der Waals surface area contributed by atoms with E-state index in [0.29, 0.717) is 0 Å². The molecule has 0 fully saturated rings. The van der Waals surface area contributed by atoms with Gasteiger partial charge in [0.2, 0.25) is 0 Å². The van der Waals surface area contributed by atoms with Crippen LogP contribution in [0.2, 0.25) is 0 Å². The van der Waals surface area contributed by atoms with E-state index in [1.807, 2.05) is 0 Å². The molecule has 1 atom stereocenters. The molecule has 24 heavy (non-hydrogen) atoms. The lowest BCUT2D eigenvalue weighted by atomic mass is 10.0. The number of alkyl halides is 3. The summed E-state index contributed by atoms with van der Waals surface area (Å²) in [5.41, 5.74) is -1.80. The Kier molecular flexibility index (Phi) is 5.03. The Morgan fingerprint density at radius 3 is 2.58 bits per heavy atom. The van der Waals surface area contributed by atoms with Crippen molar-refractivity contribution in [1.29, 1.82) is 0 Å². The van der Waals surface area contributed by atoms with Gasteiger partial charge in [-0.05, 0) is 17.7 Å². The lowest BCUT2D eigenvalue weighted by molar-refractivity contribution is -0.139. The molecule has 0 radical (unpaired) electrons. The Morgan fingerprint density at radius 1 is 1.29 bits per heavy atom. The number of nitrogens with zero attached hydrogens (tertiary/aromatic N) is 2. The number of rotatable bonds is 4. The number of carbonyl (C=O) groups is 1. The maximum Gasteiger partial charge on any atom is 0.416 e. The number of aromatic nitrogens is 2.